The molecule has 1 atom stereocenters. The first-order chi connectivity index (χ1) is 13.1. The SMILES string of the molecule is COc1ccc2c(c1)C1(CCN(C(=O)Nc3ccccc3OC)C1)C(=O)N2. The summed E-state index contributed by atoms with van der Waals surface area (Å²) in [6, 6.07) is 12.5. The van der Waals surface area contributed by atoms with Crippen molar-refractivity contribution in [2.75, 3.05) is 37.9 Å². The Bertz CT molecular complexity index is 914. The first kappa shape index (κ1) is 17.2. The number of nitrogens with zero attached hydrogens (tertiary/aromatic N) is 1. The maximum absolute atomic E-state index is 12.8. The topological polar surface area (TPSA) is 79.9 Å². The lowest BCUT2D eigenvalue weighted by atomic mass is 9.81. The third-order valence-electron chi connectivity index (χ3n) is 5.33. The van der Waals surface area contributed by atoms with Crippen molar-refractivity contribution < 1.29 is 19.1 Å². The zero-order valence-electron chi connectivity index (χ0n) is 15.2. The predicted molar refractivity (Wildman–Crippen MR) is 102 cm³/mol. The summed E-state index contributed by atoms with van der Waals surface area (Å²) < 4.78 is 10.6. The van der Waals surface area contributed by atoms with E-state index < -0.39 is 5.41 Å². The molecule has 0 aliphatic carbocycles. The number of urea groups is 1. The van der Waals surface area contributed by atoms with E-state index in [0.717, 1.165) is 11.3 Å². The number of para-hydroxylation sites is 2. The number of methoxy groups -OCH3 is 2. The summed E-state index contributed by atoms with van der Waals surface area (Å²) >= 11 is 0. The van der Waals surface area contributed by atoms with Crippen molar-refractivity contribution >= 4 is 23.3 Å². The van der Waals surface area contributed by atoms with Gasteiger partial charge in [0.2, 0.25) is 5.91 Å². The zero-order chi connectivity index (χ0) is 19.0. The normalized spacial score (nSPS) is 20.4. The Kier molecular flexibility index (Phi) is 4.14. The smallest absolute Gasteiger partial charge is 0.321 e. The fourth-order valence-electron chi connectivity index (χ4n) is 3.85. The van der Waals surface area contributed by atoms with Gasteiger partial charge >= 0.3 is 6.03 Å². The minimum Gasteiger partial charge on any atom is -0.497 e. The standard InChI is InChI=1S/C20H21N3O4/c1-26-13-7-8-15-14(11-13)20(18(24)21-15)9-10-23(12-20)19(25)22-16-5-3-4-6-17(16)27-2/h3-8,11H,9-10,12H2,1-2H3,(H,21,24)(H,22,25). The van der Waals surface area contributed by atoms with Crippen LogP contribution in [0.5, 0.6) is 11.5 Å². The third-order valence-corrected chi connectivity index (χ3v) is 5.33. The number of hydrogen-bond acceptors (Lipinski definition) is 4. The van der Waals surface area contributed by atoms with Gasteiger partial charge < -0.3 is 25.0 Å². The molecule has 4 rings (SSSR count). The molecule has 2 N–H and O–H groups in total. The number of amides is 3. The Morgan fingerprint density at radius 2 is 2.00 bits per heavy atom. The van der Waals surface area contributed by atoms with Crippen molar-refractivity contribution in [2.24, 2.45) is 0 Å². The number of fused-ring (bicyclic) bond motifs is 2. The molecular formula is C20H21N3O4. The van der Waals surface area contributed by atoms with Crippen molar-refractivity contribution in [3.8, 4) is 11.5 Å². The summed E-state index contributed by atoms with van der Waals surface area (Å²) in [6.07, 6.45) is 0.568. The van der Waals surface area contributed by atoms with Gasteiger partial charge in [-0.3, -0.25) is 4.79 Å². The van der Waals surface area contributed by atoms with Crippen LogP contribution in [0.3, 0.4) is 0 Å². The van der Waals surface area contributed by atoms with Crippen molar-refractivity contribution in [1.82, 2.24) is 4.90 Å². The second kappa shape index (κ2) is 6.50. The highest BCUT2D eigenvalue weighted by atomic mass is 16.5. The van der Waals surface area contributed by atoms with Crippen LogP contribution in [0.25, 0.3) is 0 Å². The molecule has 2 aromatic rings. The molecule has 2 aromatic carbocycles. The van der Waals surface area contributed by atoms with Gasteiger partial charge in [-0.25, -0.2) is 4.79 Å². The molecule has 2 aliphatic rings. The highest BCUT2D eigenvalue weighted by Gasteiger charge is 2.52. The molecule has 7 heteroatoms. The highest BCUT2D eigenvalue weighted by molar-refractivity contribution is 6.07. The van der Waals surface area contributed by atoms with Gasteiger partial charge in [0, 0.05) is 18.8 Å². The molecular weight excluding hydrogens is 346 g/mol. The summed E-state index contributed by atoms with van der Waals surface area (Å²) in [4.78, 5) is 27.2. The molecule has 2 heterocycles. The van der Waals surface area contributed by atoms with Crippen LogP contribution in [0, 0.1) is 0 Å². The highest BCUT2D eigenvalue weighted by Crippen LogP contribution is 2.45. The molecule has 0 aromatic heterocycles. The van der Waals surface area contributed by atoms with Crippen LogP contribution in [-0.2, 0) is 10.2 Å². The molecule has 3 amide bonds. The lowest BCUT2D eigenvalue weighted by Crippen LogP contribution is -2.40. The fraction of sp³-hybridized carbons (Fsp3) is 0.300. The number of carbonyl (C=O) groups excluding carboxylic acids is 2. The Balaban J connectivity index is 1.57. The van der Waals surface area contributed by atoms with Crippen LogP contribution in [0.1, 0.15) is 12.0 Å². The monoisotopic (exact) mass is 367 g/mol. The minimum absolute atomic E-state index is 0.0710. The molecule has 1 fully saturated rings. The van der Waals surface area contributed by atoms with Gasteiger partial charge in [0.15, 0.2) is 0 Å². The molecule has 1 spiro atoms. The van der Waals surface area contributed by atoms with E-state index in [0.29, 0.717) is 36.7 Å². The van der Waals surface area contributed by atoms with E-state index in [1.165, 1.54) is 0 Å². The quantitative estimate of drug-likeness (QED) is 0.874. The van der Waals surface area contributed by atoms with E-state index in [1.807, 2.05) is 30.3 Å². The van der Waals surface area contributed by atoms with E-state index in [2.05, 4.69) is 10.6 Å². The van der Waals surface area contributed by atoms with E-state index in [-0.39, 0.29) is 11.9 Å². The lowest BCUT2D eigenvalue weighted by molar-refractivity contribution is -0.120. The van der Waals surface area contributed by atoms with Crippen LogP contribution in [0.4, 0.5) is 16.2 Å². The molecule has 1 unspecified atom stereocenters. The summed E-state index contributed by atoms with van der Waals surface area (Å²) in [5, 5.41) is 5.81. The van der Waals surface area contributed by atoms with Gasteiger partial charge in [-0.05, 0) is 42.3 Å². The maximum atomic E-state index is 12.8. The van der Waals surface area contributed by atoms with E-state index >= 15 is 0 Å². The molecule has 2 aliphatic heterocycles. The largest absolute Gasteiger partial charge is 0.497 e. The second-order valence-electron chi connectivity index (χ2n) is 6.75. The zero-order valence-corrected chi connectivity index (χ0v) is 15.2. The van der Waals surface area contributed by atoms with Gasteiger partial charge in [-0.15, -0.1) is 0 Å². The summed E-state index contributed by atoms with van der Waals surface area (Å²) in [5.74, 6) is 1.22. The van der Waals surface area contributed by atoms with E-state index in [1.54, 1.807) is 31.3 Å². The van der Waals surface area contributed by atoms with Gasteiger partial charge in [0.05, 0.1) is 25.3 Å². The number of rotatable bonds is 3. The number of likely N-dealkylation sites (tertiary alicyclic amines) is 1. The molecule has 0 bridgehead atoms. The van der Waals surface area contributed by atoms with Crippen LogP contribution in [-0.4, -0.2) is 44.1 Å². The summed E-state index contributed by atoms with van der Waals surface area (Å²) in [7, 11) is 3.16. The number of hydrogen-bond donors (Lipinski definition) is 2. The third kappa shape index (κ3) is 2.75. The van der Waals surface area contributed by atoms with Gasteiger partial charge in [-0.2, -0.15) is 0 Å². The van der Waals surface area contributed by atoms with Gasteiger partial charge in [0.25, 0.3) is 0 Å². The first-order valence-electron chi connectivity index (χ1n) is 8.76. The van der Waals surface area contributed by atoms with Crippen molar-refractivity contribution in [2.45, 2.75) is 11.8 Å². The van der Waals surface area contributed by atoms with Gasteiger partial charge in [-0.1, -0.05) is 12.1 Å². The number of ether oxygens (including phenoxy) is 2. The summed E-state index contributed by atoms with van der Waals surface area (Å²) in [6.45, 7) is 0.811. The van der Waals surface area contributed by atoms with Crippen LogP contribution < -0.4 is 20.1 Å². The minimum atomic E-state index is -0.734. The van der Waals surface area contributed by atoms with E-state index in [9.17, 15) is 9.59 Å². The Morgan fingerprint density at radius 1 is 1.19 bits per heavy atom. The number of carbonyl (C=O) groups is 2. The molecule has 140 valence electrons. The Hall–Kier alpha value is -3.22. The molecule has 0 radical (unpaired) electrons. The number of nitrogens with one attached hydrogen (secondary N) is 2. The molecule has 0 saturated carbocycles. The Morgan fingerprint density at radius 3 is 2.78 bits per heavy atom. The number of anilines is 2. The van der Waals surface area contributed by atoms with Crippen LogP contribution in [0.15, 0.2) is 42.5 Å². The predicted octanol–water partition coefficient (Wildman–Crippen LogP) is 2.83. The van der Waals surface area contributed by atoms with Crippen LogP contribution >= 0.6 is 0 Å². The van der Waals surface area contributed by atoms with Crippen molar-refractivity contribution in [3.05, 3.63) is 48.0 Å². The first-order valence-corrected chi connectivity index (χ1v) is 8.76. The maximum Gasteiger partial charge on any atom is 0.321 e. The molecule has 7 nitrogen and oxygen atoms in total. The summed E-state index contributed by atoms with van der Waals surface area (Å²) in [5.41, 5.74) is 1.54. The second-order valence-corrected chi connectivity index (χ2v) is 6.75. The average Bonchev–Trinajstić information content (AvgIpc) is 3.25. The molecule has 1 saturated heterocycles. The fourth-order valence-corrected chi connectivity index (χ4v) is 3.85. The molecule has 27 heavy (non-hydrogen) atoms. The Labute approximate surface area is 157 Å². The van der Waals surface area contributed by atoms with E-state index in [4.69, 9.17) is 9.47 Å². The van der Waals surface area contributed by atoms with Crippen molar-refractivity contribution in [1.29, 1.82) is 0 Å². The van der Waals surface area contributed by atoms with Gasteiger partial charge in [0.1, 0.15) is 11.5 Å². The number of benzene rings is 2. The van der Waals surface area contributed by atoms with Crippen LogP contribution in [0.2, 0.25) is 0 Å². The lowest BCUT2D eigenvalue weighted by Gasteiger charge is -2.23. The average molecular weight is 367 g/mol. The van der Waals surface area contributed by atoms with Crippen molar-refractivity contribution in [3.63, 3.8) is 0 Å².